The fraction of sp³-hybridized carbons (Fsp3) is 0.0833. The van der Waals surface area contributed by atoms with Crippen molar-refractivity contribution in [2.45, 2.75) is 0 Å². The zero-order valence-electron chi connectivity index (χ0n) is 9.46. The number of rotatable bonds is 3. The molecular formula is C12H9FN2O3. The van der Waals surface area contributed by atoms with Gasteiger partial charge in [-0.05, 0) is 17.7 Å². The second-order valence-electron chi connectivity index (χ2n) is 3.51. The van der Waals surface area contributed by atoms with Crippen LogP contribution in [0.3, 0.4) is 0 Å². The number of methoxy groups -OCH3 is 1. The lowest BCUT2D eigenvalue weighted by Gasteiger charge is -2.07. The highest BCUT2D eigenvalue weighted by molar-refractivity contribution is 5.70. The van der Waals surface area contributed by atoms with Gasteiger partial charge in [0, 0.05) is 6.07 Å². The lowest BCUT2D eigenvalue weighted by Crippen LogP contribution is -1.95. The number of ether oxygens (including phenoxy) is 1. The van der Waals surface area contributed by atoms with E-state index < -0.39 is 4.92 Å². The summed E-state index contributed by atoms with van der Waals surface area (Å²) < 4.78 is 17.9. The van der Waals surface area contributed by atoms with Crippen LogP contribution in [0.5, 0.6) is 5.88 Å². The molecule has 0 aliphatic heterocycles. The molecule has 0 aliphatic rings. The van der Waals surface area contributed by atoms with E-state index in [-0.39, 0.29) is 17.4 Å². The average molecular weight is 248 g/mol. The Morgan fingerprint density at radius 1 is 1.33 bits per heavy atom. The van der Waals surface area contributed by atoms with E-state index in [2.05, 4.69) is 4.98 Å². The summed E-state index contributed by atoms with van der Waals surface area (Å²) in [5, 5.41) is 10.7. The van der Waals surface area contributed by atoms with Crippen LogP contribution < -0.4 is 4.74 Å². The molecule has 0 atom stereocenters. The molecule has 0 N–H and O–H groups in total. The molecule has 0 fully saturated rings. The lowest BCUT2D eigenvalue weighted by atomic mass is 10.1. The Kier molecular flexibility index (Phi) is 3.18. The molecule has 18 heavy (non-hydrogen) atoms. The first kappa shape index (κ1) is 12.0. The third-order valence-electron chi connectivity index (χ3n) is 2.40. The first-order chi connectivity index (χ1) is 8.61. The smallest absolute Gasteiger partial charge is 0.288 e. The van der Waals surface area contributed by atoms with Gasteiger partial charge < -0.3 is 4.74 Å². The van der Waals surface area contributed by atoms with Crippen molar-refractivity contribution in [1.82, 2.24) is 4.98 Å². The Bertz CT molecular complexity index is 584. The molecule has 0 saturated heterocycles. The van der Waals surface area contributed by atoms with Gasteiger partial charge in [0.1, 0.15) is 12.0 Å². The third kappa shape index (κ3) is 2.27. The summed E-state index contributed by atoms with van der Waals surface area (Å²) in [5.41, 5.74) is 0.909. The minimum atomic E-state index is -0.542. The largest absolute Gasteiger partial charge is 0.481 e. The van der Waals surface area contributed by atoms with Crippen molar-refractivity contribution in [3.8, 4) is 17.0 Å². The quantitative estimate of drug-likeness (QED) is 0.618. The molecule has 1 aromatic heterocycles. The van der Waals surface area contributed by atoms with Gasteiger partial charge in [0.25, 0.3) is 5.69 Å². The van der Waals surface area contributed by atoms with Crippen LogP contribution >= 0.6 is 0 Å². The number of hydrogen-bond donors (Lipinski definition) is 0. The summed E-state index contributed by atoms with van der Waals surface area (Å²) in [4.78, 5) is 14.0. The normalized spacial score (nSPS) is 10.1. The van der Waals surface area contributed by atoms with Crippen molar-refractivity contribution in [1.29, 1.82) is 0 Å². The summed E-state index contributed by atoms with van der Waals surface area (Å²) in [6.07, 6.45) is 1.12. The molecule has 2 rings (SSSR count). The van der Waals surface area contributed by atoms with E-state index in [1.807, 2.05) is 0 Å². The van der Waals surface area contributed by atoms with Crippen LogP contribution in [0.2, 0.25) is 0 Å². The second kappa shape index (κ2) is 4.79. The lowest BCUT2D eigenvalue weighted by molar-refractivity contribution is -0.385. The van der Waals surface area contributed by atoms with E-state index in [0.29, 0.717) is 11.1 Å². The van der Waals surface area contributed by atoms with E-state index in [0.717, 1.165) is 6.20 Å². The number of hydrogen-bond acceptors (Lipinski definition) is 4. The minimum Gasteiger partial charge on any atom is -0.481 e. The summed E-state index contributed by atoms with van der Waals surface area (Å²) in [6.45, 7) is 0. The van der Waals surface area contributed by atoms with Crippen molar-refractivity contribution >= 4 is 5.69 Å². The summed E-state index contributed by atoms with van der Waals surface area (Å²) in [6, 6.07) is 6.91. The number of nitro groups is 1. The molecule has 6 heteroatoms. The molecule has 1 aromatic carbocycles. The maximum Gasteiger partial charge on any atom is 0.288 e. The fourth-order valence-corrected chi connectivity index (χ4v) is 1.54. The third-order valence-corrected chi connectivity index (χ3v) is 2.40. The van der Waals surface area contributed by atoms with Crippen LogP contribution in [-0.2, 0) is 0 Å². The van der Waals surface area contributed by atoms with Gasteiger partial charge in [-0.1, -0.05) is 12.1 Å². The number of pyridine rings is 1. The molecule has 0 radical (unpaired) electrons. The van der Waals surface area contributed by atoms with Gasteiger partial charge in [-0.2, -0.15) is 0 Å². The SMILES string of the molecule is COc1ncc([N+](=O)[O-])cc1-c1ccc(F)cc1. The number of halogens is 1. The van der Waals surface area contributed by atoms with Gasteiger partial charge in [-0.15, -0.1) is 0 Å². The van der Waals surface area contributed by atoms with Crippen molar-refractivity contribution < 1.29 is 14.1 Å². The Morgan fingerprint density at radius 3 is 2.56 bits per heavy atom. The molecule has 5 nitrogen and oxygen atoms in total. The molecule has 0 amide bonds. The highest BCUT2D eigenvalue weighted by Crippen LogP contribution is 2.31. The number of benzene rings is 1. The fourth-order valence-electron chi connectivity index (χ4n) is 1.54. The Morgan fingerprint density at radius 2 is 2.00 bits per heavy atom. The molecule has 0 spiro atoms. The van der Waals surface area contributed by atoms with Crippen molar-refractivity contribution in [2.75, 3.05) is 7.11 Å². The molecule has 92 valence electrons. The average Bonchev–Trinajstić information content (AvgIpc) is 2.39. The second-order valence-corrected chi connectivity index (χ2v) is 3.51. The van der Waals surface area contributed by atoms with Crippen LogP contribution in [0.25, 0.3) is 11.1 Å². The van der Waals surface area contributed by atoms with Crippen LogP contribution in [-0.4, -0.2) is 17.0 Å². The van der Waals surface area contributed by atoms with Gasteiger partial charge in [-0.3, -0.25) is 10.1 Å². The monoisotopic (exact) mass is 248 g/mol. The molecule has 0 bridgehead atoms. The highest BCUT2D eigenvalue weighted by Gasteiger charge is 2.14. The predicted molar refractivity (Wildman–Crippen MR) is 62.8 cm³/mol. The standard InChI is InChI=1S/C12H9FN2O3/c1-18-12-11(6-10(7-14-12)15(16)17)8-2-4-9(13)5-3-8/h2-7H,1H3. The van der Waals surface area contributed by atoms with Crippen LogP contribution in [0.4, 0.5) is 10.1 Å². The highest BCUT2D eigenvalue weighted by atomic mass is 19.1. The topological polar surface area (TPSA) is 65.3 Å². The molecule has 1 heterocycles. The Hall–Kier alpha value is -2.50. The van der Waals surface area contributed by atoms with Crippen molar-refractivity contribution in [3.63, 3.8) is 0 Å². The first-order valence-corrected chi connectivity index (χ1v) is 5.06. The van der Waals surface area contributed by atoms with Crippen LogP contribution in [0.1, 0.15) is 0 Å². The zero-order valence-corrected chi connectivity index (χ0v) is 9.46. The van der Waals surface area contributed by atoms with E-state index in [1.165, 1.54) is 37.4 Å². The van der Waals surface area contributed by atoms with Gasteiger partial charge in [0.05, 0.1) is 17.6 Å². The molecule has 2 aromatic rings. The maximum atomic E-state index is 12.8. The minimum absolute atomic E-state index is 0.143. The van der Waals surface area contributed by atoms with E-state index in [9.17, 15) is 14.5 Å². The van der Waals surface area contributed by atoms with Crippen LogP contribution in [0.15, 0.2) is 36.5 Å². The van der Waals surface area contributed by atoms with E-state index >= 15 is 0 Å². The predicted octanol–water partition coefficient (Wildman–Crippen LogP) is 2.80. The summed E-state index contributed by atoms with van der Waals surface area (Å²) in [5.74, 6) is -0.122. The molecule has 0 unspecified atom stereocenters. The molecule has 0 aliphatic carbocycles. The summed E-state index contributed by atoms with van der Waals surface area (Å²) in [7, 11) is 1.42. The summed E-state index contributed by atoms with van der Waals surface area (Å²) >= 11 is 0. The van der Waals surface area contributed by atoms with Gasteiger partial charge in [0.15, 0.2) is 0 Å². The van der Waals surface area contributed by atoms with E-state index in [4.69, 9.17) is 4.74 Å². The zero-order chi connectivity index (χ0) is 13.1. The van der Waals surface area contributed by atoms with Crippen molar-refractivity contribution in [2.24, 2.45) is 0 Å². The number of nitrogens with zero attached hydrogens (tertiary/aromatic N) is 2. The van der Waals surface area contributed by atoms with Crippen LogP contribution in [0, 0.1) is 15.9 Å². The Balaban J connectivity index is 2.56. The molecule has 0 saturated carbocycles. The van der Waals surface area contributed by atoms with E-state index in [1.54, 1.807) is 0 Å². The van der Waals surface area contributed by atoms with Gasteiger partial charge >= 0.3 is 0 Å². The van der Waals surface area contributed by atoms with Gasteiger partial charge in [-0.25, -0.2) is 9.37 Å². The Labute approximate surface area is 102 Å². The molecular weight excluding hydrogens is 239 g/mol. The van der Waals surface area contributed by atoms with Crippen molar-refractivity contribution in [3.05, 3.63) is 52.5 Å². The first-order valence-electron chi connectivity index (χ1n) is 5.06. The van der Waals surface area contributed by atoms with Gasteiger partial charge in [0.2, 0.25) is 5.88 Å². The maximum absolute atomic E-state index is 12.8. The number of aromatic nitrogens is 1.